The normalized spacial score (nSPS) is 11.0. The van der Waals surface area contributed by atoms with Crippen molar-refractivity contribution in [2.45, 2.75) is 32.9 Å². The molecule has 4 heteroatoms. The number of pyridine rings is 3. The molecule has 0 saturated carbocycles. The number of aromatic nitrogens is 3. The number of rotatable bonds is 8. The second-order valence-electron chi connectivity index (χ2n) is 6.08. The average Bonchev–Trinajstić information content (AvgIpc) is 2.68. The van der Waals surface area contributed by atoms with Crippen molar-refractivity contribution in [1.82, 2.24) is 19.9 Å². The highest BCUT2D eigenvalue weighted by atomic mass is 15.1. The molecule has 0 unspecified atom stereocenters. The van der Waals surface area contributed by atoms with E-state index in [1.807, 2.05) is 36.7 Å². The van der Waals surface area contributed by atoms with Gasteiger partial charge in [0.2, 0.25) is 0 Å². The number of aryl methyl sites for hydroxylation is 1. The summed E-state index contributed by atoms with van der Waals surface area (Å²) in [5.74, 6) is 0. The van der Waals surface area contributed by atoms with Crippen LogP contribution in [0.2, 0.25) is 0 Å². The first-order chi connectivity index (χ1) is 12.3. The monoisotopic (exact) mass is 332 g/mol. The smallest absolute Gasteiger partial charge is 0.0544 e. The Bertz CT molecular complexity index is 718. The van der Waals surface area contributed by atoms with Crippen LogP contribution in [0.3, 0.4) is 0 Å². The van der Waals surface area contributed by atoms with Crippen LogP contribution in [0.4, 0.5) is 0 Å². The first-order valence-electron chi connectivity index (χ1n) is 8.80. The van der Waals surface area contributed by atoms with Crippen LogP contribution in [-0.4, -0.2) is 26.4 Å². The van der Waals surface area contributed by atoms with Crippen molar-refractivity contribution in [2.75, 3.05) is 6.54 Å². The third-order valence-corrected chi connectivity index (χ3v) is 4.13. The Morgan fingerprint density at radius 1 is 0.720 bits per heavy atom. The van der Waals surface area contributed by atoms with Gasteiger partial charge in [0.1, 0.15) is 0 Å². The van der Waals surface area contributed by atoms with Gasteiger partial charge in [-0.05, 0) is 42.8 Å². The molecule has 0 N–H and O–H groups in total. The Balaban J connectivity index is 1.68. The minimum Gasteiger partial charge on any atom is -0.291 e. The lowest BCUT2D eigenvalue weighted by Gasteiger charge is -2.21. The van der Waals surface area contributed by atoms with Gasteiger partial charge in [0.25, 0.3) is 0 Å². The molecule has 0 amide bonds. The Kier molecular flexibility index (Phi) is 6.23. The van der Waals surface area contributed by atoms with Gasteiger partial charge in [-0.1, -0.05) is 25.1 Å². The summed E-state index contributed by atoms with van der Waals surface area (Å²) in [5.41, 5.74) is 4.45. The van der Waals surface area contributed by atoms with E-state index in [1.165, 1.54) is 0 Å². The molecule has 0 atom stereocenters. The predicted octanol–water partition coefficient (Wildman–Crippen LogP) is 3.68. The Morgan fingerprint density at radius 2 is 1.32 bits per heavy atom. The first-order valence-corrected chi connectivity index (χ1v) is 8.80. The molecule has 3 rings (SSSR count). The van der Waals surface area contributed by atoms with Gasteiger partial charge in [0, 0.05) is 49.8 Å². The Labute approximate surface area is 149 Å². The fourth-order valence-electron chi connectivity index (χ4n) is 2.79. The van der Waals surface area contributed by atoms with Crippen LogP contribution >= 0.6 is 0 Å². The molecule has 128 valence electrons. The van der Waals surface area contributed by atoms with Crippen LogP contribution in [0, 0.1) is 0 Å². The van der Waals surface area contributed by atoms with Crippen molar-refractivity contribution in [3.8, 4) is 0 Å². The van der Waals surface area contributed by atoms with Gasteiger partial charge in [-0.2, -0.15) is 0 Å². The summed E-state index contributed by atoms with van der Waals surface area (Å²) in [6.07, 6.45) is 5.59. The molecule has 3 aromatic heterocycles. The standard InChI is InChI=1S/C21H24N4/c1-2-18-10-7-11-19(24-18)12-15-25(16-20-8-3-5-13-22-20)17-21-9-4-6-14-23-21/h3-11,13-14H,2,12,15-17H2,1H3. The summed E-state index contributed by atoms with van der Waals surface area (Å²) in [4.78, 5) is 16.0. The molecule has 0 spiro atoms. The molecule has 0 aliphatic heterocycles. The van der Waals surface area contributed by atoms with E-state index in [9.17, 15) is 0 Å². The van der Waals surface area contributed by atoms with E-state index in [4.69, 9.17) is 4.98 Å². The Morgan fingerprint density at radius 3 is 1.88 bits per heavy atom. The largest absolute Gasteiger partial charge is 0.291 e. The number of hydrogen-bond donors (Lipinski definition) is 0. The van der Waals surface area contributed by atoms with E-state index in [-0.39, 0.29) is 0 Å². The summed E-state index contributed by atoms with van der Waals surface area (Å²) in [5, 5.41) is 0. The van der Waals surface area contributed by atoms with Gasteiger partial charge < -0.3 is 0 Å². The van der Waals surface area contributed by atoms with Gasteiger partial charge in [-0.3, -0.25) is 19.9 Å². The molecular weight excluding hydrogens is 308 g/mol. The minimum absolute atomic E-state index is 0.810. The van der Waals surface area contributed by atoms with Crippen molar-refractivity contribution in [3.63, 3.8) is 0 Å². The average molecular weight is 332 g/mol. The molecule has 4 nitrogen and oxygen atoms in total. The second-order valence-corrected chi connectivity index (χ2v) is 6.08. The van der Waals surface area contributed by atoms with Crippen LogP contribution in [0.5, 0.6) is 0 Å². The maximum Gasteiger partial charge on any atom is 0.0544 e. The highest BCUT2D eigenvalue weighted by Crippen LogP contribution is 2.09. The van der Waals surface area contributed by atoms with Crippen LogP contribution in [0.25, 0.3) is 0 Å². The molecule has 0 fully saturated rings. The topological polar surface area (TPSA) is 41.9 Å². The molecule has 0 radical (unpaired) electrons. The van der Waals surface area contributed by atoms with Gasteiger partial charge in [-0.15, -0.1) is 0 Å². The summed E-state index contributed by atoms with van der Waals surface area (Å²) in [6.45, 7) is 4.68. The Hall–Kier alpha value is -2.59. The lowest BCUT2D eigenvalue weighted by Crippen LogP contribution is -2.26. The van der Waals surface area contributed by atoms with Crippen LogP contribution < -0.4 is 0 Å². The minimum atomic E-state index is 0.810. The molecule has 3 aromatic rings. The molecule has 0 aliphatic rings. The zero-order valence-corrected chi connectivity index (χ0v) is 14.7. The molecular formula is C21H24N4. The summed E-state index contributed by atoms with van der Waals surface area (Å²) >= 11 is 0. The zero-order valence-electron chi connectivity index (χ0n) is 14.7. The van der Waals surface area contributed by atoms with Crippen molar-refractivity contribution in [3.05, 3.63) is 89.8 Å². The fraction of sp³-hybridized carbons (Fsp3) is 0.286. The van der Waals surface area contributed by atoms with Crippen LogP contribution in [0.15, 0.2) is 67.0 Å². The highest BCUT2D eigenvalue weighted by molar-refractivity contribution is 5.12. The van der Waals surface area contributed by atoms with Crippen LogP contribution in [-0.2, 0) is 25.9 Å². The quantitative estimate of drug-likeness (QED) is 0.631. The first kappa shape index (κ1) is 17.2. The molecule has 0 saturated heterocycles. The maximum absolute atomic E-state index is 4.72. The van der Waals surface area contributed by atoms with E-state index < -0.39 is 0 Å². The molecule has 0 aromatic carbocycles. The van der Waals surface area contributed by atoms with Crippen LogP contribution in [0.1, 0.15) is 29.7 Å². The van der Waals surface area contributed by atoms with E-state index in [0.717, 1.165) is 55.3 Å². The fourth-order valence-corrected chi connectivity index (χ4v) is 2.79. The van der Waals surface area contributed by atoms with Gasteiger partial charge in [0.15, 0.2) is 0 Å². The zero-order chi connectivity index (χ0) is 17.3. The van der Waals surface area contributed by atoms with Gasteiger partial charge in [-0.25, -0.2) is 0 Å². The third-order valence-electron chi connectivity index (χ3n) is 4.13. The number of hydrogen-bond acceptors (Lipinski definition) is 4. The van der Waals surface area contributed by atoms with E-state index in [1.54, 1.807) is 0 Å². The summed E-state index contributed by atoms with van der Waals surface area (Å²) in [7, 11) is 0. The van der Waals surface area contributed by atoms with Gasteiger partial charge >= 0.3 is 0 Å². The molecule has 0 bridgehead atoms. The lowest BCUT2D eigenvalue weighted by molar-refractivity contribution is 0.253. The van der Waals surface area contributed by atoms with Crippen molar-refractivity contribution < 1.29 is 0 Å². The van der Waals surface area contributed by atoms with E-state index in [2.05, 4.69) is 52.1 Å². The lowest BCUT2D eigenvalue weighted by atomic mass is 10.2. The molecule has 3 heterocycles. The summed E-state index contributed by atoms with van der Waals surface area (Å²) in [6, 6.07) is 18.4. The van der Waals surface area contributed by atoms with E-state index in [0.29, 0.717) is 0 Å². The van der Waals surface area contributed by atoms with Gasteiger partial charge in [0.05, 0.1) is 11.4 Å². The van der Waals surface area contributed by atoms with Crippen molar-refractivity contribution in [2.24, 2.45) is 0 Å². The third kappa shape index (κ3) is 5.47. The van der Waals surface area contributed by atoms with Crippen molar-refractivity contribution >= 4 is 0 Å². The SMILES string of the molecule is CCc1cccc(CCN(Cc2ccccn2)Cc2ccccn2)n1. The molecule has 25 heavy (non-hydrogen) atoms. The summed E-state index contributed by atoms with van der Waals surface area (Å²) < 4.78 is 0. The maximum atomic E-state index is 4.72. The predicted molar refractivity (Wildman–Crippen MR) is 99.9 cm³/mol. The second kappa shape index (κ2) is 9.04. The van der Waals surface area contributed by atoms with Crippen molar-refractivity contribution in [1.29, 1.82) is 0 Å². The number of nitrogens with zero attached hydrogens (tertiary/aromatic N) is 4. The highest BCUT2D eigenvalue weighted by Gasteiger charge is 2.10. The molecule has 0 aliphatic carbocycles. The van der Waals surface area contributed by atoms with E-state index >= 15 is 0 Å².